The van der Waals surface area contributed by atoms with Crippen molar-refractivity contribution < 1.29 is 0 Å². The van der Waals surface area contributed by atoms with Gasteiger partial charge in [0.05, 0.1) is 11.9 Å². The number of rotatable bonds is 3. The molecule has 4 rings (SSSR count). The molecule has 24 heavy (non-hydrogen) atoms. The number of amidine groups is 1. The highest BCUT2D eigenvalue weighted by Crippen LogP contribution is 2.34. The molecule has 4 nitrogen and oxygen atoms in total. The van der Waals surface area contributed by atoms with Crippen molar-refractivity contribution in [3.8, 4) is 0 Å². The monoisotopic (exact) mass is 314 g/mol. The van der Waals surface area contributed by atoms with Gasteiger partial charge in [-0.25, -0.2) is 4.99 Å². The van der Waals surface area contributed by atoms with Crippen LogP contribution < -0.4 is 10.3 Å². The Bertz CT molecular complexity index is 948. The summed E-state index contributed by atoms with van der Waals surface area (Å²) in [7, 11) is 4.06. The van der Waals surface area contributed by atoms with E-state index in [1.54, 1.807) is 0 Å². The molecule has 0 aromatic heterocycles. The fourth-order valence-electron chi connectivity index (χ4n) is 2.90. The second-order valence-electron chi connectivity index (χ2n) is 6.00. The molecule has 0 saturated carbocycles. The zero-order valence-electron chi connectivity index (χ0n) is 13.7. The van der Waals surface area contributed by atoms with E-state index in [-0.39, 0.29) is 0 Å². The lowest BCUT2D eigenvalue weighted by Gasteiger charge is -2.11. The van der Waals surface area contributed by atoms with Crippen molar-refractivity contribution in [2.45, 2.75) is 0 Å². The minimum atomic E-state index is 0.794. The molecule has 1 aliphatic heterocycles. The first kappa shape index (κ1) is 14.5. The van der Waals surface area contributed by atoms with Crippen molar-refractivity contribution >= 4 is 34.2 Å². The van der Waals surface area contributed by atoms with E-state index in [4.69, 9.17) is 0 Å². The molecular weight excluding hydrogens is 296 g/mol. The molecule has 1 aliphatic rings. The molecule has 1 heterocycles. The van der Waals surface area contributed by atoms with Gasteiger partial charge < -0.3 is 4.90 Å². The lowest BCUT2D eigenvalue weighted by atomic mass is 10.0. The largest absolute Gasteiger partial charge is 0.378 e. The summed E-state index contributed by atoms with van der Waals surface area (Å²) in [6.07, 6.45) is 1.81. The van der Waals surface area contributed by atoms with E-state index in [0.717, 1.165) is 22.6 Å². The van der Waals surface area contributed by atoms with Crippen molar-refractivity contribution in [2.24, 2.45) is 10.1 Å². The predicted octanol–water partition coefficient (Wildman–Crippen LogP) is 3.92. The third-order valence-corrected chi connectivity index (χ3v) is 4.16. The van der Waals surface area contributed by atoms with Crippen LogP contribution in [0.3, 0.4) is 0 Å². The van der Waals surface area contributed by atoms with Gasteiger partial charge in [-0.3, -0.25) is 5.43 Å². The van der Waals surface area contributed by atoms with Crippen LogP contribution in [0.15, 0.2) is 70.8 Å². The van der Waals surface area contributed by atoms with E-state index in [1.807, 2.05) is 50.6 Å². The Morgan fingerprint density at radius 3 is 2.46 bits per heavy atom. The summed E-state index contributed by atoms with van der Waals surface area (Å²) < 4.78 is 0. The van der Waals surface area contributed by atoms with Gasteiger partial charge in [-0.05, 0) is 29.1 Å². The molecule has 0 amide bonds. The van der Waals surface area contributed by atoms with E-state index in [2.05, 4.69) is 50.8 Å². The van der Waals surface area contributed by atoms with E-state index < -0.39 is 0 Å². The van der Waals surface area contributed by atoms with Gasteiger partial charge in [0.25, 0.3) is 0 Å². The zero-order valence-corrected chi connectivity index (χ0v) is 13.7. The molecule has 0 saturated heterocycles. The molecule has 0 unspecified atom stereocenters. The third kappa shape index (κ3) is 2.52. The molecule has 0 bridgehead atoms. The van der Waals surface area contributed by atoms with Crippen molar-refractivity contribution in [3.63, 3.8) is 0 Å². The average Bonchev–Trinajstić information content (AvgIpc) is 2.96. The van der Waals surface area contributed by atoms with Crippen molar-refractivity contribution in [1.29, 1.82) is 0 Å². The summed E-state index contributed by atoms with van der Waals surface area (Å²) in [5, 5.41) is 6.74. The molecule has 4 heteroatoms. The Hall–Kier alpha value is -3.14. The van der Waals surface area contributed by atoms with Gasteiger partial charge in [0.2, 0.25) is 0 Å². The molecule has 3 aromatic rings. The molecule has 0 radical (unpaired) electrons. The maximum Gasteiger partial charge on any atom is 0.154 e. The Balaban J connectivity index is 1.54. The maximum absolute atomic E-state index is 4.65. The molecule has 3 aromatic carbocycles. The van der Waals surface area contributed by atoms with Gasteiger partial charge in [0.1, 0.15) is 0 Å². The molecule has 0 atom stereocenters. The van der Waals surface area contributed by atoms with E-state index in [9.17, 15) is 0 Å². The first-order chi connectivity index (χ1) is 11.7. The van der Waals surface area contributed by atoms with Crippen LogP contribution in [-0.4, -0.2) is 26.1 Å². The minimum absolute atomic E-state index is 0.794. The molecular formula is C20H18N4. The van der Waals surface area contributed by atoms with Crippen LogP contribution in [0.4, 0.5) is 11.4 Å². The summed E-state index contributed by atoms with van der Waals surface area (Å²) in [5.74, 6) is 0.794. The molecule has 1 N–H and O–H groups in total. The quantitative estimate of drug-likeness (QED) is 0.588. The fourth-order valence-corrected chi connectivity index (χ4v) is 2.90. The van der Waals surface area contributed by atoms with Crippen LogP contribution in [0.25, 0.3) is 10.8 Å². The van der Waals surface area contributed by atoms with Crippen LogP contribution in [-0.2, 0) is 0 Å². The third-order valence-electron chi connectivity index (χ3n) is 4.16. The summed E-state index contributed by atoms with van der Waals surface area (Å²) in [6.45, 7) is 0. The van der Waals surface area contributed by atoms with Gasteiger partial charge in [-0.15, -0.1) is 0 Å². The Morgan fingerprint density at radius 2 is 1.71 bits per heavy atom. The summed E-state index contributed by atoms with van der Waals surface area (Å²) in [6, 6.07) is 20.6. The second kappa shape index (κ2) is 5.81. The first-order valence-corrected chi connectivity index (χ1v) is 7.90. The summed E-state index contributed by atoms with van der Waals surface area (Å²) in [4.78, 5) is 6.72. The Kier molecular flexibility index (Phi) is 3.50. The maximum atomic E-state index is 4.65. The molecule has 0 spiro atoms. The van der Waals surface area contributed by atoms with Crippen LogP contribution in [0.2, 0.25) is 0 Å². The molecule has 0 aliphatic carbocycles. The standard InChI is InChI=1S/C20H18N4/c1-24(2)16-11-9-14(10-12-16)13-21-23-20-17-7-3-5-15-6-4-8-18(22-20)19(15)17/h3-13H,1-2H3,(H,22,23). The van der Waals surface area contributed by atoms with E-state index >= 15 is 0 Å². The molecule has 0 fully saturated rings. The van der Waals surface area contributed by atoms with Crippen molar-refractivity contribution in [3.05, 3.63) is 71.8 Å². The normalized spacial score (nSPS) is 12.7. The number of hydrogen-bond donors (Lipinski definition) is 1. The molecule has 118 valence electrons. The Morgan fingerprint density at radius 1 is 0.958 bits per heavy atom. The zero-order chi connectivity index (χ0) is 16.5. The predicted molar refractivity (Wildman–Crippen MR) is 102 cm³/mol. The SMILES string of the molecule is CN(C)c1ccc(C=NNC2=Nc3cccc4cccc2c34)cc1. The van der Waals surface area contributed by atoms with Gasteiger partial charge in [0, 0.05) is 30.7 Å². The van der Waals surface area contributed by atoms with Gasteiger partial charge >= 0.3 is 0 Å². The van der Waals surface area contributed by atoms with Crippen molar-refractivity contribution in [2.75, 3.05) is 19.0 Å². The summed E-state index contributed by atoms with van der Waals surface area (Å²) in [5.41, 5.74) is 7.39. The number of anilines is 1. The van der Waals surface area contributed by atoms with Crippen LogP contribution in [0.5, 0.6) is 0 Å². The van der Waals surface area contributed by atoms with Gasteiger partial charge in [-0.2, -0.15) is 5.10 Å². The lowest BCUT2D eigenvalue weighted by Crippen LogP contribution is -2.17. The number of nitrogens with zero attached hydrogens (tertiary/aromatic N) is 3. The highest BCUT2D eigenvalue weighted by atomic mass is 15.3. The minimum Gasteiger partial charge on any atom is -0.378 e. The second-order valence-corrected chi connectivity index (χ2v) is 6.00. The van der Waals surface area contributed by atoms with Crippen LogP contribution >= 0.6 is 0 Å². The number of hydrogen-bond acceptors (Lipinski definition) is 4. The van der Waals surface area contributed by atoms with Gasteiger partial charge in [0.15, 0.2) is 5.84 Å². The Labute approximate surface area is 141 Å². The van der Waals surface area contributed by atoms with Crippen LogP contribution in [0, 0.1) is 0 Å². The van der Waals surface area contributed by atoms with Crippen molar-refractivity contribution in [1.82, 2.24) is 5.43 Å². The summed E-state index contributed by atoms with van der Waals surface area (Å²) >= 11 is 0. The fraction of sp³-hybridized carbons (Fsp3) is 0.100. The average molecular weight is 314 g/mol. The topological polar surface area (TPSA) is 40.0 Å². The number of aliphatic imine (C=N–C) groups is 1. The first-order valence-electron chi connectivity index (χ1n) is 7.90. The van der Waals surface area contributed by atoms with Gasteiger partial charge in [-0.1, -0.05) is 42.5 Å². The lowest BCUT2D eigenvalue weighted by molar-refractivity contribution is 1.04. The van der Waals surface area contributed by atoms with E-state index in [1.165, 1.54) is 16.5 Å². The smallest absolute Gasteiger partial charge is 0.154 e. The number of nitrogens with one attached hydrogen (secondary N) is 1. The van der Waals surface area contributed by atoms with Crippen LogP contribution in [0.1, 0.15) is 11.1 Å². The van der Waals surface area contributed by atoms with E-state index in [0.29, 0.717) is 0 Å². The highest BCUT2D eigenvalue weighted by molar-refractivity contribution is 6.18. The number of hydrazone groups is 1. The number of benzene rings is 3. The highest BCUT2D eigenvalue weighted by Gasteiger charge is 2.17.